The molecule has 3 aromatic rings. The molecule has 3 rings (SSSR count). The highest BCUT2D eigenvalue weighted by Crippen LogP contribution is 2.24. The van der Waals surface area contributed by atoms with Crippen LogP contribution in [0, 0.1) is 11.6 Å². The highest BCUT2D eigenvalue weighted by atomic mass is 19.1. The molecule has 0 amide bonds. The Balaban J connectivity index is 1.88. The standard InChI is InChI=1S/C27H27F2NO/c1-27(2,3)21-11-9-20(10-12-21)25(30-16-15-19-7-5-4-6-8-19)18-26(31)23-17-22(28)13-14-24(23)29/h4-14,17-18,30H,15-16H2,1-3H3/b25-18-. The SMILES string of the molecule is CC(C)(C)c1ccc(/C(=C/C(=O)c2cc(F)ccc2F)NCCc2ccccc2)cc1. The average Bonchev–Trinajstić information content (AvgIpc) is 2.75. The fourth-order valence-corrected chi connectivity index (χ4v) is 3.27. The molecule has 31 heavy (non-hydrogen) atoms. The summed E-state index contributed by atoms with van der Waals surface area (Å²) in [6.45, 7) is 6.99. The molecule has 0 radical (unpaired) electrons. The summed E-state index contributed by atoms with van der Waals surface area (Å²) in [6.07, 6.45) is 2.11. The maximum absolute atomic E-state index is 14.1. The molecule has 0 fully saturated rings. The predicted octanol–water partition coefficient (Wildman–Crippen LogP) is 6.32. The van der Waals surface area contributed by atoms with Gasteiger partial charge < -0.3 is 5.32 Å². The minimum Gasteiger partial charge on any atom is -0.384 e. The third kappa shape index (κ3) is 6.11. The summed E-state index contributed by atoms with van der Waals surface area (Å²) in [5.74, 6) is -1.97. The topological polar surface area (TPSA) is 29.1 Å². The Morgan fingerprint density at radius 2 is 1.61 bits per heavy atom. The summed E-state index contributed by atoms with van der Waals surface area (Å²) in [6, 6.07) is 20.8. The van der Waals surface area contributed by atoms with Gasteiger partial charge in [-0.3, -0.25) is 4.79 Å². The smallest absolute Gasteiger partial charge is 0.190 e. The minimum absolute atomic E-state index is 0.00363. The van der Waals surface area contributed by atoms with Gasteiger partial charge in [-0.15, -0.1) is 0 Å². The molecule has 0 saturated heterocycles. The summed E-state index contributed by atoms with van der Waals surface area (Å²) in [4.78, 5) is 12.7. The molecule has 0 heterocycles. The quantitative estimate of drug-likeness (QED) is 0.359. The lowest BCUT2D eigenvalue weighted by atomic mass is 9.86. The third-order valence-corrected chi connectivity index (χ3v) is 5.10. The van der Waals surface area contributed by atoms with Crippen molar-refractivity contribution in [3.63, 3.8) is 0 Å². The predicted molar refractivity (Wildman–Crippen MR) is 122 cm³/mol. The zero-order chi connectivity index (χ0) is 22.4. The number of halogens is 2. The molecule has 0 unspecified atom stereocenters. The molecule has 0 aliphatic rings. The fraction of sp³-hybridized carbons (Fsp3) is 0.222. The molecule has 0 bridgehead atoms. The van der Waals surface area contributed by atoms with Gasteiger partial charge in [0.25, 0.3) is 0 Å². The molecule has 0 aliphatic carbocycles. The zero-order valence-corrected chi connectivity index (χ0v) is 18.1. The number of hydrogen-bond donors (Lipinski definition) is 1. The van der Waals surface area contributed by atoms with E-state index < -0.39 is 17.4 Å². The van der Waals surface area contributed by atoms with Gasteiger partial charge in [0.15, 0.2) is 5.78 Å². The van der Waals surface area contributed by atoms with Gasteiger partial charge in [0.1, 0.15) is 11.6 Å². The number of carbonyl (C=O) groups excluding carboxylic acids is 1. The largest absolute Gasteiger partial charge is 0.384 e. The number of allylic oxidation sites excluding steroid dienone is 1. The molecular weight excluding hydrogens is 392 g/mol. The van der Waals surface area contributed by atoms with Crippen LogP contribution in [0.5, 0.6) is 0 Å². The van der Waals surface area contributed by atoms with Gasteiger partial charge in [0.05, 0.1) is 5.56 Å². The van der Waals surface area contributed by atoms with Crippen LogP contribution in [0.2, 0.25) is 0 Å². The van der Waals surface area contributed by atoms with Gasteiger partial charge in [0, 0.05) is 18.3 Å². The van der Waals surface area contributed by atoms with Gasteiger partial charge in [-0.2, -0.15) is 0 Å². The van der Waals surface area contributed by atoms with E-state index in [2.05, 4.69) is 26.1 Å². The van der Waals surface area contributed by atoms with Crippen molar-refractivity contribution in [1.82, 2.24) is 5.32 Å². The normalized spacial score (nSPS) is 12.0. The van der Waals surface area contributed by atoms with Crippen molar-refractivity contribution in [1.29, 1.82) is 0 Å². The number of carbonyl (C=O) groups is 1. The number of nitrogens with one attached hydrogen (secondary N) is 1. The highest BCUT2D eigenvalue weighted by Gasteiger charge is 2.15. The van der Waals surface area contributed by atoms with E-state index in [1.165, 1.54) is 17.2 Å². The number of rotatable bonds is 7. The summed E-state index contributed by atoms with van der Waals surface area (Å²) in [5.41, 5.74) is 3.44. The van der Waals surface area contributed by atoms with E-state index >= 15 is 0 Å². The van der Waals surface area contributed by atoms with Crippen LogP contribution in [0.3, 0.4) is 0 Å². The molecule has 160 valence electrons. The molecule has 4 heteroatoms. The molecule has 0 atom stereocenters. The monoisotopic (exact) mass is 419 g/mol. The van der Waals surface area contributed by atoms with Gasteiger partial charge in [-0.05, 0) is 46.7 Å². The Morgan fingerprint density at radius 3 is 2.26 bits per heavy atom. The summed E-state index contributed by atoms with van der Waals surface area (Å²) >= 11 is 0. The van der Waals surface area contributed by atoms with Crippen molar-refractivity contribution >= 4 is 11.5 Å². The van der Waals surface area contributed by atoms with E-state index in [0.717, 1.165) is 30.2 Å². The van der Waals surface area contributed by atoms with Crippen molar-refractivity contribution in [2.75, 3.05) is 6.54 Å². The second kappa shape index (κ2) is 9.69. The van der Waals surface area contributed by atoms with Gasteiger partial charge in [0.2, 0.25) is 0 Å². The number of hydrogen-bond acceptors (Lipinski definition) is 2. The van der Waals surface area contributed by atoms with E-state index in [0.29, 0.717) is 12.2 Å². The first kappa shape index (κ1) is 22.4. The maximum Gasteiger partial charge on any atom is 0.190 e. The van der Waals surface area contributed by atoms with Gasteiger partial charge in [-0.1, -0.05) is 75.4 Å². The van der Waals surface area contributed by atoms with Gasteiger partial charge in [-0.25, -0.2) is 8.78 Å². The van der Waals surface area contributed by atoms with Gasteiger partial charge >= 0.3 is 0 Å². The lowest BCUT2D eigenvalue weighted by Crippen LogP contribution is -2.18. The molecule has 0 aromatic heterocycles. The lowest BCUT2D eigenvalue weighted by Gasteiger charge is -2.20. The molecule has 0 aliphatic heterocycles. The van der Waals surface area contributed by atoms with Crippen LogP contribution in [-0.2, 0) is 11.8 Å². The summed E-state index contributed by atoms with van der Waals surface area (Å²) in [5, 5.41) is 3.30. The lowest BCUT2D eigenvalue weighted by molar-refractivity contribution is 0.104. The first-order valence-electron chi connectivity index (χ1n) is 10.3. The van der Waals surface area contributed by atoms with Crippen molar-refractivity contribution in [3.8, 4) is 0 Å². The van der Waals surface area contributed by atoms with Crippen LogP contribution in [0.1, 0.15) is 47.8 Å². The fourth-order valence-electron chi connectivity index (χ4n) is 3.27. The van der Waals surface area contributed by atoms with Crippen LogP contribution >= 0.6 is 0 Å². The Bertz CT molecular complexity index is 1060. The van der Waals surface area contributed by atoms with Crippen LogP contribution in [0.15, 0.2) is 78.9 Å². The Hall–Kier alpha value is -3.27. The number of benzene rings is 3. The average molecular weight is 420 g/mol. The second-order valence-electron chi connectivity index (χ2n) is 8.54. The van der Waals surface area contributed by atoms with Crippen LogP contribution in [0.4, 0.5) is 8.78 Å². The van der Waals surface area contributed by atoms with E-state index in [4.69, 9.17) is 0 Å². The van der Waals surface area contributed by atoms with Crippen molar-refractivity contribution in [2.45, 2.75) is 32.6 Å². The van der Waals surface area contributed by atoms with E-state index in [-0.39, 0.29) is 11.0 Å². The highest BCUT2D eigenvalue weighted by molar-refractivity contribution is 6.08. The van der Waals surface area contributed by atoms with Crippen LogP contribution in [-0.4, -0.2) is 12.3 Å². The second-order valence-corrected chi connectivity index (χ2v) is 8.54. The van der Waals surface area contributed by atoms with Crippen LogP contribution < -0.4 is 5.32 Å². The van der Waals surface area contributed by atoms with E-state index in [9.17, 15) is 13.6 Å². The first-order chi connectivity index (χ1) is 14.7. The van der Waals surface area contributed by atoms with Crippen molar-refractivity contribution in [3.05, 3.63) is 113 Å². The molecule has 1 N–H and O–H groups in total. The summed E-state index contributed by atoms with van der Waals surface area (Å²) < 4.78 is 27.7. The minimum atomic E-state index is -0.741. The molecule has 3 aromatic carbocycles. The maximum atomic E-state index is 14.1. The number of ketones is 1. The molecule has 2 nitrogen and oxygen atoms in total. The van der Waals surface area contributed by atoms with Crippen LogP contribution in [0.25, 0.3) is 5.70 Å². The van der Waals surface area contributed by atoms with Crippen molar-refractivity contribution < 1.29 is 13.6 Å². The zero-order valence-electron chi connectivity index (χ0n) is 18.1. The van der Waals surface area contributed by atoms with E-state index in [1.807, 2.05) is 54.6 Å². The van der Waals surface area contributed by atoms with Crippen molar-refractivity contribution in [2.24, 2.45) is 0 Å². The molecule has 0 spiro atoms. The van der Waals surface area contributed by atoms with E-state index in [1.54, 1.807) is 0 Å². The third-order valence-electron chi connectivity index (χ3n) is 5.10. The molecule has 0 saturated carbocycles. The molecular formula is C27H27F2NO. The Morgan fingerprint density at radius 1 is 0.935 bits per heavy atom. The summed E-state index contributed by atoms with van der Waals surface area (Å²) in [7, 11) is 0. The Labute approximate surface area is 182 Å². The Kier molecular flexibility index (Phi) is 7.01. The first-order valence-corrected chi connectivity index (χ1v) is 10.3.